The average Bonchev–Trinajstić information content (AvgIpc) is 2.51. The van der Waals surface area contributed by atoms with Crippen LogP contribution < -0.4 is 10.1 Å². The first kappa shape index (κ1) is 16.3. The monoisotopic (exact) mass is 311 g/mol. The van der Waals surface area contributed by atoms with Crippen LogP contribution >= 0.6 is 0 Å². The van der Waals surface area contributed by atoms with Crippen molar-refractivity contribution in [3.63, 3.8) is 0 Å². The maximum Gasteiger partial charge on any atom is 0.154 e. The molecule has 118 valence electrons. The van der Waals surface area contributed by atoms with E-state index in [0.29, 0.717) is 6.42 Å². The van der Waals surface area contributed by atoms with Gasteiger partial charge in [-0.2, -0.15) is 0 Å². The van der Waals surface area contributed by atoms with Crippen molar-refractivity contribution in [2.45, 2.75) is 44.4 Å². The first-order valence-electron chi connectivity index (χ1n) is 7.65. The maximum atomic E-state index is 12.4. The third-order valence-electron chi connectivity index (χ3n) is 4.23. The Morgan fingerprint density at radius 2 is 2.10 bits per heavy atom. The van der Waals surface area contributed by atoms with Crippen molar-refractivity contribution in [3.05, 3.63) is 29.3 Å². The van der Waals surface area contributed by atoms with Gasteiger partial charge in [0.15, 0.2) is 9.84 Å². The number of hydrogen-bond acceptors (Lipinski definition) is 4. The topological polar surface area (TPSA) is 55.4 Å². The van der Waals surface area contributed by atoms with Crippen molar-refractivity contribution < 1.29 is 13.2 Å². The van der Waals surface area contributed by atoms with Gasteiger partial charge in [-0.25, -0.2) is 8.42 Å². The number of nitrogens with one attached hydrogen (secondary N) is 1. The van der Waals surface area contributed by atoms with E-state index in [-0.39, 0.29) is 17.0 Å². The smallest absolute Gasteiger partial charge is 0.154 e. The first-order chi connectivity index (χ1) is 10.0. The fourth-order valence-corrected chi connectivity index (χ4v) is 4.60. The predicted octanol–water partition coefficient (Wildman–Crippen LogP) is 2.49. The molecule has 0 fully saturated rings. The molecule has 0 radical (unpaired) electrons. The molecule has 1 N–H and O–H groups in total. The highest BCUT2D eigenvalue weighted by atomic mass is 32.2. The molecule has 0 spiro atoms. The number of sulfone groups is 1. The zero-order chi connectivity index (χ0) is 15.5. The van der Waals surface area contributed by atoms with Gasteiger partial charge in [-0.05, 0) is 49.1 Å². The minimum Gasteiger partial charge on any atom is -0.497 e. The van der Waals surface area contributed by atoms with Crippen molar-refractivity contribution in [1.82, 2.24) is 5.32 Å². The van der Waals surface area contributed by atoms with Gasteiger partial charge in [-0.15, -0.1) is 0 Å². The number of hydrogen-bond donors (Lipinski definition) is 1. The second-order valence-electron chi connectivity index (χ2n) is 5.53. The molecule has 0 saturated heterocycles. The zero-order valence-electron chi connectivity index (χ0n) is 13.1. The third-order valence-corrected chi connectivity index (χ3v) is 6.47. The van der Waals surface area contributed by atoms with Crippen LogP contribution in [0.3, 0.4) is 0 Å². The largest absolute Gasteiger partial charge is 0.497 e. The molecule has 2 unspecified atom stereocenters. The molecule has 2 rings (SSSR count). The molecule has 0 bridgehead atoms. The number of methoxy groups -OCH3 is 1. The normalized spacial score (nSPS) is 21.9. The van der Waals surface area contributed by atoms with Crippen LogP contribution in [0.4, 0.5) is 0 Å². The van der Waals surface area contributed by atoms with Crippen molar-refractivity contribution in [2.75, 3.05) is 19.4 Å². The fraction of sp³-hybridized carbons (Fsp3) is 0.625. The summed E-state index contributed by atoms with van der Waals surface area (Å²) in [5, 5.41) is 3.11. The summed E-state index contributed by atoms with van der Waals surface area (Å²) in [6, 6.07) is 5.86. The van der Waals surface area contributed by atoms with Gasteiger partial charge in [0.1, 0.15) is 5.75 Å². The van der Waals surface area contributed by atoms with Gasteiger partial charge in [-0.3, -0.25) is 0 Å². The summed E-state index contributed by atoms with van der Waals surface area (Å²) in [5.41, 5.74) is 2.31. The van der Waals surface area contributed by atoms with E-state index in [1.807, 2.05) is 18.2 Å². The third kappa shape index (κ3) is 3.40. The molecular weight excluding hydrogens is 286 g/mol. The lowest BCUT2D eigenvalue weighted by molar-refractivity contribution is 0.410. The lowest BCUT2D eigenvalue weighted by Gasteiger charge is -2.34. The minimum absolute atomic E-state index is 0.107. The number of rotatable bonds is 6. The van der Waals surface area contributed by atoms with Gasteiger partial charge >= 0.3 is 0 Å². The van der Waals surface area contributed by atoms with Gasteiger partial charge in [0, 0.05) is 11.8 Å². The molecule has 2 atom stereocenters. The SMILES string of the molecule is CCCNC1c2ccc(OC)cc2CCC1S(=O)(=O)CC. The molecule has 1 aromatic rings. The van der Waals surface area contributed by atoms with Crippen LogP contribution in [0.15, 0.2) is 18.2 Å². The fourth-order valence-electron chi connectivity index (χ4n) is 3.04. The molecule has 0 amide bonds. The molecule has 0 heterocycles. The van der Waals surface area contributed by atoms with Crippen LogP contribution in [0.5, 0.6) is 5.75 Å². The molecule has 0 saturated carbocycles. The molecule has 1 aromatic carbocycles. The summed E-state index contributed by atoms with van der Waals surface area (Å²) < 4.78 is 30.1. The highest BCUT2D eigenvalue weighted by Gasteiger charge is 2.37. The highest BCUT2D eigenvalue weighted by Crippen LogP contribution is 2.36. The summed E-state index contributed by atoms with van der Waals surface area (Å²) >= 11 is 0. The van der Waals surface area contributed by atoms with Gasteiger partial charge in [0.05, 0.1) is 12.4 Å². The van der Waals surface area contributed by atoms with E-state index in [2.05, 4.69) is 12.2 Å². The Morgan fingerprint density at radius 1 is 1.33 bits per heavy atom. The van der Waals surface area contributed by atoms with E-state index in [1.54, 1.807) is 14.0 Å². The van der Waals surface area contributed by atoms with E-state index in [9.17, 15) is 8.42 Å². The second-order valence-corrected chi connectivity index (χ2v) is 8.03. The Labute approximate surface area is 127 Å². The maximum absolute atomic E-state index is 12.4. The summed E-state index contributed by atoms with van der Waals surface area (Å²) in [7, 11) is -1.40. The number of ether oxygens (including phenoxy) is 1. The standard InChI is InChI=1S/C16H25NO3S/c1-4-10-17-16-14-8-7-13(20-3)11-12(14)6-9-15(16)21(18,19)5-2/h7-8,11,15-17H,4-6,9-10H2,1-3H3. The number of fused-ring (bicyclic) bond motifs is 1. The Bertz CT molecular complexity index is 583. The van der Waals surface area contributed by atoms with Crippen molar-refractivity contribution >= 4 is 9.84 Å². The molecule has 1 aliphatic rings. The minimum atomic E-state index is -3.05. The van der Waals surface area contributed by atoms with E-state index >= 15 is 0 Å². The summed E-state index contributed by atoms with van der Waals surface area (Å²) in [6.45, 7) is 4.65. The summed E-state index contributed by atoms with van der Waals surface area (Å²) in [5.74, 6) is 1.03. The second kappa shape index (κ2) is 6.79. The molecule has 21 heavy (non-hydrogen) atoms. The summed E-state index contributed by atoms with van der Waals surface area (Å²) in [6.07, 6.45) is 2.46. The molecule has 4 nitrogen and oxygen atoms in total. The van der Waals surface area contributed by atoms with Gasteiger partial charge in [0.2, 0.25) is 0 Å². The van der Waals surface area contributed by atoms with E-state index in [0.717, 1.165) is 30.7 Å². The van der Waals surface area contributed by atoms with E-state index in [1.165, 1.54) is 5.56 Å². The van der Waals surface area contributed by atoms with Gasteiger partial charge in [-0.1, -0.05) is 19.9 Å². The van der Waals surface area contributed by atoms with Crippen LogP contribution in [-0.4, -0.2) is 33.1 Å². The van der Waals surface area contributed by atoms with Crippen molar-refractivity contribution in [3.8, 4) is 5.75 Å². The van der Waals surface area contributed by atoms with Crippen LogP contribution in [-0.2, 0) is 16.3 Å². The number of benzene rings is 1. The summed E-state index contributed by atoms with van der Waals surface area (Å²) in [4.78, 5) is 0. The molecule has 0 aromatic heterocycles. The van der Waals surface area contributed by atoms with E-state index < -0.39 is 9.84 Å². The first-order valence-corrected chi connectivity index (χ1v) is 9.36. The Balaban J connectivity index is 2.39. The van der Waals surface area contributed by atoms with Gasteiger partial charge in [0.25, 0.3) is 0 Å². The number of aryl methyl sites for hydroxylation is 1. The zero-order valence-corrected chi connectivity index (χ0v) is 13.9. The van der Waals surface area contributed by atoms with Crippen LogP contribution in [0.25, 0.3) is 0 Å². The lowest BCUT2D eigenvalue weighted by Crippen LogP contribution is -2.41. The van der Waals surface area contributed by atoms with Crippen molar-refractivity contribution in [2.24, 2.45) is 0 Å². The Morgan fingerprint density at radius 3 is 2.71 bits per heavy atom. The van der Waals surface area contributed by atoms with Gasteiger partial charge < -0.3 is 10.1 Å². The van der Waals surface area contributed by atoms with E-state index in [4.69, 9.17) is 4.74 Å². The van der Waals surface area contributed by atoms with Crippen LogP contribution in [0.1, 0.15) is 43.9 Å². The van der Waals surface area contributed by atoms with Crippen LogP contribution in [0, 0.1) is 0 Å². The molecule has 0 aliphatic heterocycles. The Kier molecular flexibility index (Phi) is 5.27. The lowest BCUT2D eigenvalue weighted by atomic mass is 9.87. The average molecular weight is 311 g/mol. The molecule has 5 heteroatoms. The van der Waals surface area contributed by atoms with Crippen molar-refractivity contribution in [1.29, 1.82) is 0 Å². The molecule has 1 aliphatic carbocycles. The highest BCUT2D eigenvalue weighted by molar-refractivity contribution is 7.92. The Hall–Kier alpha value is -1.07. The van der Waals surface area contributed by atoms with Crippen LogP contribution in [0.2, 0.25) is 0 Å². The predicted molar refractivity (Wildman–Crippen MR) is 85.6 cm³/mol. The molecular formula is C16H25NO3S. The quantitative estimate of drug-likeness (QED) is 0.877.